The maximum absolute atomic E-state index is 12.4. The van der Waals surface area contributed by atoms with Crippen molar-refractivity contribution < 1.29 is 4.79 Å². The summed E-state index contributed by atoms with van der Waals surface area (Å²) in [7, 11) is 0. The van der Waals surface area contributed by atoms with Crippen LogP contribution in [0.3, 0.4) is 0 Å². The fourth-order valence-electron chi connectivity index (χ4n) is 3.78. The smallest absolute Gasteiger partial charge is 0.180 e. The van der Waals surface area contributed by atoms with Gasteiger partial charge in [0.1, 0.15) is 11.6 Å². The lowest BCUT2D eigenvalue weighted by atomic mass is 9.88. The van der Waals surface area contributed by atoms with E-state index >= 15 is 0 Å². The molecule has 2 aliphatic carbocycles. The van der Waals surface area contributed by atoms with Crippen LogP contribution in [0.4, 0.5) is 0 Å². The van der Waals surface area contributed by atoms with Crippen molar-refractivity contribution in [2.45, 2.75) is 32.1 Å². The predicted octanol–water partition coefficient (Wildman–Crippen LogP) is 2.96. The number of fused-ring (bicyclic) bond motifs is 1. The van der Waals surface area contributed by atoms with E-state index in [1.165, 1.54) is 12.8 Å². The molecule has 0 amide bonds. The summed E-state index contributed by atoms with van der Waals surface area (Å²) in [5.74, 6) is -0.0881. The predicted molar refractivity (Wildman–Crippen MR) is 88.0 cm³/mol. The fraction of sp³-hybridized carbons (Fsp3) is 0.421. The van der Waals surface area contributed by atoms with E-state index in [1.807, 2.05) is 12.1 Å². The van der Waals surface area contributed by atoms with Crippen molar-refractivity contribution in [1.82, 2.24) is 9.88 Å². The van der Waals surface area contributed by atoms with Gasteiger partial charge in [-0.05, 0) is 48.8 Å². The summed E-state index contributed by atoms with van der Waals surface area (Å²) in [6.07, 6.45) is 6.94. The summed E-state index contributed by atoms with van der Waals surface area (Å²) in [6, 6.07) is 5.96. The number of piperidine rings is 1. The van der Waals surface area contributed by atoms with Gasteiger partial charge in [-0.25, -0.2) is 4.98 Å². The van der Waals surface area contributed by atoms with Crippen LogP contribution in [0.5, 0.6) is 0 Å². The molecule has 0 atom stereocenters. The zero-order chi connectivity index (χ0) is 16.0. The molecular formula is C19H19N3O. The van der Waals surface area contributed by atoms with Gasteiger partial charge in [0.15, 0.2) is 5.78 Å². The van der Waals surface area contributed by atoms with Gasteiger partial charge in [-0.2, -0.15) is 5.26 Å². The number of likely N-dealkylation sites (tertiary alicyclic amines) is 1. The molecule has 2 heterocycles. The summed E-state index contributed by atoms with van der Waals surface area (Å²) in [6.45, 7) is 5.59. The van der Waals surface area contributed by atoms with Crippen molar-refractivity contribution in [2.24, 2.45) is 5.41 Å². The van der Waals surface area contributed by atoms with E-state index < -0.39 is 0 Å². The summed E-state index contributed by atoms with van der Waals surface area (Å²) >= 11 is 0. The molecule has 1 aliphatic heterocycles. The van der Waals surface area contributed by atoms with Gasteiger partial charge in [0, 0.05) is 19.5 Å². The minimum Gasteiger partial charge on any atom is -0.369 e. The third-order valence-corrected chi connectivity index (χ3v) is 5.51. The molecule has 4 rings (SSSR count). The van der Waals surface area contributed by atoms with Crippen LogP contribution in [0.1, 0.15) is 42.6 Å². The Morgan fingerprint density at radius 1 is 1.26 bits per heavy atom. The molecule has 0 bridgehead atoms. The van der Waals surface area contributed by atoms with Gasteiger partial charge in [-0.1, -0.05) is 12.6 Å². The monoisotopic (exact) mass is 305 g/mol. The molecule has 4 heteroatoms. The van der Waals surface area contributed by atoms with Gasteiger partial charge in [0.05, 0.1) is 17.1 Å². The quantitative estimate of drug-likeness (QED) is 0.843. The van der Waals surface area contributed by atoms with Crippen molar-refractivity contribution in [1.29, 1.82) is 5.26 Å². The second-order valence-corrected chi connectivity index (χ2v) is 6.87. The van der Waals surface area contributed by atoms with Gasteiger partial charge in [-0.3, -0.25) is 4.79 Å². The highest BCUT2D eigenvalue weighted by Gasteiger charge is 2.45. The van der Waals surface area contributed by atoms with Crippen LogP contribution in [0.15, 0.2) is 24.3 Å². The number of hydrogen-bond donors (Lipinski definition) is 0. The van der Waals surface area contributed by atoms with E-state index in [-0.39, 0.29) is 17.8 Å². The van der Waals surface area contributed by atoms with Crippen LogP contribution in [0.25, 0.3) is 11.8 Å². The molecule has 4 nitrogen and oxygen atoms in total. The number of hydrogen-bond acceptors (Lipinski definition) is 4. The van der Waals surface area contributed by atoms with Gasteiger partial charge in [0.25, 0.3) is 0 Å². The molecule has 116 valence electrons. The molecule has 0 radical (unpaired) electrons. The van der Waals surface area contributed by atoms with E-state index in [1.54, 1.807) is 6.08 Å². The van der Waals surface area contributed by atoms with Crippen molar-refractivity contribution in [3.05, 3.63) is 41.2 Å². The summed E-state index contributed by atoms with van der Waals surface area (Å²) in [5, 5.41) is 9.53. The number of ketones is 1. The van der Waals surface area contributed by atoms with Crippen molar-refractivity contribution in [3.63, 3.8) is 0 Å². The number of allylic oxidation sites excluding steroid dienone is 1. The van der Waals surface area contributed by atoms with E-state index in [0.717, 1.165) is 48.6 Å². The molecule has 1 aromatic rings. The Hall–Kier alpha value is -2.41. The lowest BCUT2D eigenvalue weighted by Gasteiger charge is -2.37. The SMILES string of the molecule is C=Cc1ccc2c(n1)C(N1CCC3(CC1)CC3)=C(C#N)C(=O)C2. The molecule has 1 saturated heterocycles. The first kappa shape index (κ1) is 14.2. The highest BCUT2D eigenvalue weighted by molar-refractivity contribution is 6.09. The normalized spacial score (nSPS) is 21.9. The zero-order valence-electron chi connectivity index (χ0n) is 13.1. The number of carbonyl (C=O) groups excluding carboxylic acids is 1. The molecule has 23 heavy (non-hydrogen) atoms. The van der Waals surface area contributed by atoms with Gasteiger partial charge >= 0.3 is 0 Å². The zero-order valence-corrected chi connectivity index (χ0v) is 13.1. The number of rotatable bonds is 2. The number of aromatic nitrogens is 1. The second kappa shape index (κ2) is 5.06. The average Bonchev–Trinajstić information content (AvgIpc) is 3.33. The number of nitrogens with zero attached hydrogens (tertiary/aromatic N) is 3. The minimum absolute atomic E-state index is 0.0881. The van der Waals surface area contributed by atoms with Crippen molar-refractivity contribution in [3.8, 4) is 6.07 Å². The molecule has 1 spiro atoms. The largest absolute Gasteiger partial charge is 0.369 e. The van der Waals surface area contributed by atoms with Crippen LogP contribution in [0, 0.1) is 16.7 Å². The minimum atomic E-state index is -0.0881. The lowest BCUT2D eigenvalue weighted by molar-refractivity contribution is -0.114. The Bertz CT molecular complexity index is 770. The maximum atomic E-state index is 12.4. The number of pyridine rings is 1. The van der Waals surface area contributed by atoms with Crippen LogP contribution in [-0.4, -0.2) is 28.8 Å². The summed E-state index contributed by atoms with van der Waals surface area (Å²) in [5.41, 5.74) is 4.08. The van der Waals surface area contributed by atoms with Gasteiger partial charge in [-0.15, -0.1) is 0 Å². The Kier molecular flexibility index (Phi) is 3.12. The highest BCUT2D eigenvalue weighted by Crippen LogP contribution is 2.54. The molecule has 1 saturated carbocycles. The Balaban J connectivity index is 1.79. The molecule has 0 unspecified atom stereocenters. The van der Waals surface area contributed by atoms with Crippen LogP contribution < -0.4 is 0 Å². The van der Waals surface area contributed by atoms with E-state index in [9.17, 15) is 10.1 Å². The molecule has 3 aliphatic rings. The van der Waals surface area contributed by atoms with Crippen molar-refractivity contribution in [2.75, 3.05) is 13.1 Å². The first-order valence-electron chi connectivity index (χ1n) is 8.21. The van der Waals surface area contributed by atoms with E-state index in [2.05, 4.69) is 22.5 Å². The molecule has 0 aromatic carbocycles. The summed E-state index contributed by atoms with van der Waals surface area (Å²) in [4.78, 5) is 19.2. The number of nitriles is 1. The first-order valence-corrected chi connectivity index (χ1v) is 8.21. The fourth-order valence-corrected chi connectivity index (χ4v) is 3.78. The standard InChI is InChI=1S/C19H19N3O/c1-2-14-4-3-13-11-16(23)15(12-20)18(17(13)21-14)22-9-7-19(5-6-19)8-10-22/h2-4H,1,5-11H2. The van der Waals surface area contributed by atoms with Crippen LogP contribution in [0.2, 0.25) is 0 Å². The van der Waals surface area contributed by atoms with E-state index in [0.29, 0.717) is 5.41 Å². The second-order valence-electron chi connectivity index (χ2n) is 6.87. The topological polar surface area (TPSA) is 57.0 Å². The van der Waals surface area contributed by atoms with E-state index in [4.69, 9.17) is 0 Å². The Morgan fingerprint density at radius 2 is 2.00 bits per heavy atom. The molecule has 0 N–H and O–H groups in total. The Labute approximate surface area is 136 Å². The average molecular weight is 305 g/mol. The molecule has 2 fully saturated rings. The Morgan fingerprint density at radius 3 is 2.61 bits per heavy atom. The lowest BCUT2D eigenvalue weighted by Crippen LogP contribution is -2.36. The third-order valence-electron chi connectivity index (χ3n) is 5.51. The van der Waals surface area contributed by atoms with Crippen LogP contribution in [-0.2, 0) is 11.2 Å². The number of carbonyl (C=O) groups is 1. The highest BCUT2D eigenvalue weighted by atomic mass is 16.1. The summed E-state index contributed by atoms with van der Waals surface area (Å²) < 4.78 is 0. The van der Waals surface area contributed by atoms with Gasteiger partial charge < -0.3 is 4.90 Å². The van der Waals surface area contributed by atoms with Gasteiger partial charge in [0.2, 0.25) is 0 Å². The molecule has 1 aromatic heterocycles. The van der Waals surface area contributed by atoms with Crippen LogP contribution >= 0.6 is 0 Å². The first-order chi connectivity index (χ1) is 11.2. The maximum Gasteiger partial charge on any atom is 0.180 e. The third kappa shape index (κ3) is 2.28. The van der Waals surface area contributed by atoms with Crippen molar-refractivity contribution >= 4 is 17.6 Å². The molecular weight excluding hydrogens is 286 g/mol. The number of Topliss-reactive ketones (excluding diaryl/α,β-unsaturated/α-hetero) is 1.